The lowest BCUT2D eigenvalue weighted by Crippen LogP contribution is -2.10. The summed E-state index contributed by atoms with van der Waals surface area (Å²) in [5.74, 6) is 0.198. The second-order valence-corrected chi connectivity index (χ2v) is 4.50. The van der Waals surface area contributed by atoms with Gasteiger partial charge in [0.05, 0.1) is 11.2 Å². The average molecular weight is 267 g/mol. The lowest BCUT2D eigenvalue weighted by Gasteiger charge is -2.07. The van der Waals surface area contributed by atoms with E-state index in [9.17, 15) is 4.39 Å². The third kappa shape index (κ3) is 3.36. The van der Waals surface area contributed by atoms with Crippen LogP contribution in [-0.2, 0) is 6.42 Å². The van der Waals surface area contributed by atoms with Crippen molar-refractivity contribution in [3.63, 3.8) is 0 Å². The van der Waals surface area contributed by atoms with Crippen molar-refractivity contribution in [1.29, 1.82) is 0 Å². The summed E-state index contributed by atoms with van der Waals surface area (Å²) in [6, 6.07) is 0. The molecule has 0 unspecified atom stereocenters. The molecule has 0 saturated heterocycles. The number of thiazole rings is 1. The van der Waals surface area contributed by atoms with Crippen LogP contribution in [0.15, 0.2) is 17.8 Å². The molecule has 18 heavy (non-hydrogen) atoms. The third-order valence-electron chi connectivity index (χ3n) is 2.19. The van der Waals surface area contributed by atoms with Gasteiger partial charge in [0.2, 0.25) is 5.95 Å². The van der Waals surface area contributed by atoms with E-state index in [-0.39, 0.29) is 5.82 Å². The van der Waals surface area contributed by atoms with Crippen LogP contribution in [0.25, 0.3) is 0 Å². The molecule has 7 heteroatoms. The van der Waals surface area contributed by atoms with Gasteiger partial charge in [0.15, 0.2) is 11.6 Å². The Hall–Kier alpha value is -1.76. The summed E-state index contributed by atoms with van der Waals surface area (Å²) in [6.07, 6.45) is 3.67. The van der Waals surface area contributed by atoms with Crippen molar-refractivity contribution >= 4 is 23.1 Å². The molecule has 0 fully saturated rings. The van der Waals surface area contributed by atoms with Crippen LogP contribution in [0, 0.1) is 5.82 Å². The van der Waals surface area contributed by atoms with E-state index in [1.807, 2.05) is 12.3 Å². The molecule has 0 saturated carbocycles. The van der Waals surface area contributed by atoms with Gasteiger partial charge in [0.25, 0.3) is 0 Å². The molecule has 0 atom stereocenters. The Labute approximate surface area is 109 Å². The number of nitrogens with zero attached hydrogens (tertiary/aromatic N) is 3. The fraction of sp³-hybridized carbons (Fsp3) is 0.364. The summed E-state index contributed by atoms with van der Waals surface area (Å²) in [4.78, 5) is 12.1. The predicted molar refractivity (Wildman–Crippen MR) is 70.5 cm³/mol. The predicted octanol–water partition coefficient (Wildman–Crippen LogP) is 2.16. The molecular formula is C11H14FN5S. The number of rotatable bonds is 6. The van der Waals surface area contributed by atoms with Crippen LogP contribution in [0.5, 0.6) is 0 Å². The van der Waals surface area contributed by atoms with Gasteiger partial charge < -0.3 is 10.6 Å². The first kappa shape index (κ1) is 12.7. The second-order valence-electron chi connectivity index (χ2n) is 3.52. The van der Waals surface area contributed by atoms with E-state index in [4.69, 9.17) is 0 Å². The van der Waals surface area contributed by atoms with Crippen LogP contribution >= 0.6 is 11.3 Å². The average Bonchev–Trinajstić information content (AvgIpc) is 2.86. The number of halogens is 1. The first-order chi connectivity index (χ1) is 8.79. The monoisotopic (exact) mass is 267 g/mol. The topological polar surface area (TPSA) is 62.7 Å². The van der Waals surface area contributed by atoms with Gasteiger partial charge in [-0.3, -0.25) is 0 Å². The largest absolute Gasteiger partial charge is 0.367 e. The van der Waals surface area contributed by atoms with Crippen LogP contribution in [0.3, 0.4) is 0 Å². The summed E-state index contributed by atoms with van der Waals surface area (Å²) in [5, 5.41) is 8.83. The van der Waals surface area contributed by atoms with E-state index in [1.54, 1.807) is 17.5 Å². The minimum Gasteiger partial charge on any atom is -0.367 e. The summed E-state index contributed by atoms with van der Waals surface area (Å²) < 4.78 is 13.4. The molecule has 2 N–H and O–H groups in total. The maximum atomic E-state index is 13.4. The smallest absolute Gasteiger partial charge is 0.224 e. The SMILES string of the molecule is CCNc1ncc(F)c(NCCc2nccs2)n1. The van der Waals surface area contributed by atoms with Gasteiger partial charge in [-0.2, -0.15) is 4.98 Å². The fourth-order valence-corrected chi connectivity index (χ4v) is 2.02. The van der Waals surface area contributed by atoms with Crippen molar-refractivity contribution in [2.45, 2.75) is 13.3 Å². The summed E-state index contributed by atoms with van der Waals surface area (Å²) in [7, 11) is 0. The summed E-state index contributed by atoms with van der Waals surface area (Å²) in [6.45, 7) is 3.22. The Morgan fingerprint density at radius 1 is 1.33 bits per heavy atom. The number of aromatic nitrogens is 3. The molecule has 0 aliphatic heterocycles. The maximum absolute atomic E-state index is 13.4. The van der Waals surface area contributed by atoms with Gasteiger partial charge in [-0.15, -0.1) is 11.3 Å². The van der Waals surface area contributed by atoms with Crippen LogP contribution in [0.4, 0.5) is 16.2 Å². The number of hydrogen-bond acceptors (Lipinski definition) is 6. The highest BCUT2D eigenvalue weighted by Crippen LogP contribution is 2.12. The summed E-state index contributed by atoms with van der Waals surface area (Å²) in [5.41, 5.74) is 0. The molecule has 2 rings (SSSR count). The van der Waals surface area contributed by atoms with Crippen molar-refractivity contribution in [3.8, 4) is 0 Å². The first-order valence-corrected chi connectivity index (χ1v) is 6.56. The van der Waals surface area contributed by atoms with Crippen molar-refractivity contribution < 1.29 is 4.39 Å². The van der Waals surface area contributed by atoms with E-state index in [2.05, 4.69) is 25.6 Å². The third-order valence-corrected chi connectivity index (χ3v) is 3.03. The van der Waals surface area contributed by atoms with E-state index in [0.29, 0.717) is 19.0 Å². The normalized spacial score (nSPS) is 10.3. The zero-order chi connectivity index (χ0) is 12.8. The number of nitrogens with one attached hydrogen (secondary N) is 2. The fourth-order valence-electron chi connectivity index (χ4n) is 1.40. The van der Waals surface area contributed by atoms with Crippen molar-refractivity contribution in [1.82, 2.24) is 15.0 Å². The Kier molecular flexibility index (Phi) is 4.40. The zero-order valence-corrected chi connectivity index (χ0v) is 10.8. The highest BCUT2D eigenvalue weighted by atomic mass is 32.1. The van der Waals surface area contributed by atoms with Crippen molar-refractivity contribution in [2.75, 3.05) is 23.7 Å². The molecule has 0 bridgehead atoms. The second kappa shape index (κ2) is 6.25. The molecule has 2 aromatic rings. The van der Waals surface area contributed by atoms with E-state index < -0.39 is 5.82 Å². The van der Waals surface area contributed by atoms with Crippen LogP contribution < -0.4 is 10.6 Å². The molecular weight excluding hydrogens is 253 g/mol. The lowest BCUT2D eigenvalue weighted by atomic mass is 10.4. The molecule has 0 radical (unpaired) electrons. The quantitative estimate of drug-likeness (QED) is 0.839. The Balaban J connectivity index is 1.93. The molecule has 0 aliphatic carbocycles. The van der Waals surface area contributed by atoms with E-state index >= 15 is 0 Å². The molecule has 0 aromatic carbocycles. The maximum Gasteiger partial charge on any atom is 0.224 e. The molecule has 96 valence electrons. The highest BCUT2D eigenvalue weighted by molar-refractivity contribution is 7.09. The van der Waals surface area contributed by atoms with Gasteiger partial charge >= 0.3 is 0 Å². The van der Waals surface area contributed by atoms with E-state index in [0.717, 1.165) is 17.6 Å². The zero-order valence-electron chi connectivity index (χ0n) is 9.98. The molecule has 2 aromatic heterocycles. The first-order valence-electron chi connectivity index (χ1n) is 5.68. The number of anilines is 2. The van der Waals surface area contributed by atoms with Crippen LogP contribution in [0.2, 0.25) is 0 Å². The highest BCUT2D eigenvalue weighted by Gasteiger charge is 2.06. The molecule has 0 aliphatic rings. The van der Waals surface area contributed by atoms with Gasteiger partial charge in [-0.1, -0.05) is 0 Å². The Morgan fingerprint density at radius 3 is 2.94 bits per heavy atom. The van der Waals surface area contributed by atoms with Crippen molar-refractivity contribution in [3.05, 3.63) is 28.6 Å². The van der Waals surface area contributed by atoms with Crippen LogP contribution in [-0.4, -0.2) is 28.0 Å². The molecule has 2 heterocycles. The van der Waals surface area contributed by atoms with Gasteiger partial charge in [-0.05, 0) is 6.92 Å². The van der Waals surface area contributed by atoms with Crippen LogP contribution in [0.1, 0.15) is 11.9 Å². The standard InChI is InChI=1S/C11H14FN5S/c1-2-13-11-16-7-8(12)10(17-11)15-4-3-9-14-5-6-18-9/h5-7H,2-4H2,1H3,(H2,13,15,16,17). The van der Waals surface area contributed by atoms with Gasteiger partial charge in [0, 0.05) is 31.1 Å². The number of hydrogen-bond donors (Lipinski definition) is 2. The minimum absolute atomic E-state index is 0.220. The summed E-state index contributed by atoms with van der Waals surface area (Å²) >= 11 is 1.58. The van der Waals surface area contributed by atoms with Gasteiger partial charge in [-0.25, -0.2) is 14.4 Å². The molecule has 0 spiro atoms. The van der Waals surface area contributed by atoms with Gasteiger partial charge in [0.1, 0.15) is 0 Å². The Bertz CT molecular complexity index is 488. The lowest BCUT2D eigenvalue weighted by molar-refractivity contribution is 0.617. The minimum atomic E-state index is -0.448. The van der Waals surface area contributed by atoms with E-state index in [1.165, 1.54) is 0 Å². The molecule has 5 nitrogen and oxygen atoms in total. The molecule has 0 amide bonds. The van der Waals surface area contributed by atoms with Crippen molar-refractivity contribution in [2.24, 2.45) is 0 Å². The Morgan fingerprint density at radius 2 is 2.22 bits per heavy atom.